The predicted molar refractivity (Wildman–Crippen MR) is 196 cm³/mol. The Labute approximate surface area is 270 Å². The van der Waals surface area contributed by atoms with Gasteiger partial charge in [-0.2, -0.15) is 0 Å². The van der Waals surface area contributed by atoms with Gasteiger partial charge in [0.15, 0.2) is 0 Å². The summed E-state index contributed by atoms with van der Waals surface area (Å²) < 4.78 is 0. The van der Waals surface area contributed by atoms with Crippen molar-refractivity contribution in [2.75, 3.05) is 13.1 Å². The van der Waals surface area contributed by atoms with Crippen molar-refractivity contribution in [2.45, 2.75) is 210 Å². The van der Waals surface area contributed by atoms with Gasteiger partial charge in [0.1, 0.15) is 11.2 Å². The Bertz CT molecular complexity index is 701. The summed E-state index contributed by atoms with van der Waals surface area (Å²) in [6, 6.07) is 0.788. The molecular weight excluding hydrogens is 562 g/mol. The number of hydrogen-bond acceptors (Lipinski definition) is 2. The fourth-order valence-corrected chi connectivity index (χ4v) is 16.0. The van der Waals surface area contributed by atoms with Gasteiger partial charge >= 0.3 is 0 Å². The highest BCUT2D eigenvalue weighted by atomic mass is 31.1. The highest BCUT2D eigenvalue weighted by molar-refractivity contribution is 7.76. The van der Waals surface area contributed by atoms with Crippen molar-refractivity contribution in [3.63, 3.8) is 0 Å². The molecule has 43 heavy (non-hydrogen) atoms. The Morgan fingerprint density at radius 1 is 0.465 bits per heavy atom. The maximum Gasteiger partial charge on any atom is 0.120 e. The minimum Gasteiger partial charge on any atom is -0.370 e. The molecular formula is C37H70N4P2. The summed E-state index contributed by atoms with van der Waals surface area (Å²) in [5.41, 5.74) is 6.59. The van der Waals surface area contributed by atoms with Gasteiger partial charge in [0.2, 0.25) is 0 Å². The molecule has 0 aromatic rings. The quantitative estimate of drug-likeness (QED) is 0.0866. The number of rotatable bonds is 14. The molecule has 4 fully saturated rings. The second-order valence-corrected chi connectivity index (χ2v) is 20.4. The highest BCUT2D eigenvalue weighted by Crippen LogP contribution is 2.57. The number of nitrogens with zero attached hydrogens (tertiary/aromatic N) is 2. The van der Waals surface area contributed by atoms with Crippen LogP contribution in [0.5, 0.6) is 0 Å². The van der Waals surface area contributed by atoms with E-state index < -0.39 is 0 Å². The summed E-state index contributed by atoms with van der Waals surface area (Å²) in [5.74, 6) is 0. The molecule has 0 aliphatic heterocycles. The number of aliphatic imine (C=N–C) groups is 2. The molecule has 0 heterocycles. The van der Waals surface area contributed by atoms with Crippen molar-refractivity contribution < 1.29 is 0 Å². The summed E-state index contributed by atoms with van der Waals surface area (Å²) >= 11 is 0. The largest absolute Gasteiger partial charge is 0.370 e. The third-order valence-corrected chi connectivity index (χ3v) is 17.3. The molecule has 0 aromatic heterocycles. The van der Waals surface area contributed by atoms with Crippen LogP contribution in [-0.2, 0) is 0 Å². The van der Waals surface area contributed by atoms with Gasteiger partial charge in [0.25, 0.3) is 0 Å². The molecule has 0 saturated heterocycles. The Hall–Kier alpha value is -0.200. The molecule has 0 radical (unpaired) electrons. The highest BCUT2D eigenvalue weighted by Gasteiger charge is 2.36. The van der Waals surface area contributed by atoms with Crippen molar-refractivity contribution in [1.82, 2.24) is 10.6 Å². The molecule has 4 saturated carbocycles. The molecule has 0 atom stereocenters. The normalized spacial score (nSPS) is 23.2. The topological polar surface area (TPSA) is 48.8 Å². The predicted octanol–water partition coefficient (Wildman–Crippen LogP) is 11.2. The molecule has 0 unspecified atom stereocenters. The van der Waals surface area contributed by atoms with E-state index in [9.17, 15) is 0 Å². The molecule has 248 valence electrons. The Morgan fingerprint density at radius 3 is 1.00 bits per heavy atom. The van der Waals surface area contributed by atoms with Gasteiger partial charge in [-0.25, -0.2) is 0 Å². The van der Waals surface area contributed by atoms with Gasteiger partial charge < -0.3 is 10.6 Å². The molecule has 2 N–H and O–H groups in total. The van der Waals surface area contributed by atoms with Crippen LogP contribution in [0.4, 0.5) is 0 Å². The lowest BCUT2D eigenvalue weighted by atomic mass is 9.99. The van der Waals surface area contributed by atoms with Crippen LogP contribution in [0, 0.1) is 0 Å². The monoisotopic (exact) mass is 633 g/mol. The van der Waals surface area contributed by atoms with E-state index in [4.69, 9.17) is 9.98 Å². The summed E-state index contributed by atoms with van der Waals surface area (Å²) in [6.45, 7) is 11.4. The van der Waals surface area contributed by atoms with Crippen LogP contribution >= 0.6 is 15.8 Å². The second kappa shape index (κ2) is 20.1. The van der Waals surface area contributed by atoms with Gasteiger partial charge in [0.05, 0.1) is 0 Å². The Morgan fingerprint density at radius 2 is 0.744 bits per heavy atom. The molecule has 4 rings (SSSR count). The molecule has 0 amide bonds. The summed E-state index contributed by atoms with van der Waals surface area (Å²) in [6.07, 6.45) is 32.9. The van der Waals surface area contributed by atoms with E-state index in [1.807, 2.05) is 0 Å². The lowest BCUT2D eigenvalue weighted by Gasteiger charge is -2.39. The van der Waals surface area contributed by atoms with Crippen LogP contribution < -0.4 is 10.6 Å². The van der Waals surface area contributed by atoms with Gasteiger partial charge in [-0.3, -0.25) is 9.98 Å². The van der Waals surface area contributed by atoms with Gasteiger partial charge in [-0.1, -0.05) is 77.0 Å². The second-order valence-electron chi connectivity index (χ2n) is 15.0. The first-order valence-corrected chi connectivity index (χ1v) is 22.2. The molecule has 0 spiro atoms. The van der Waals surface area contributed by atoms with Gasteiger partial charge in [-0.05, 0) is 137 Å². The summed E-state index contributed by atoms with van der Waals surface area (Å²) in [4.78, 5) is 10.7. The fourth-order valence-electron chi connectivity index (χ4n) is 8.45. The van der Waals surface area contributed by atoms with E-state index in [1.165, 1.54) is 159 Å². The Kier molecular flexibility index (Phi) is 16.7. The van der Waals surface area contributed by atoms with E-state index in [-0.39, 0.29) is 15.8 Å². The third-order valence-electron chi connectivity index (χ3n) is 10.5. The van der Waals surface area contributed by atoms with Crippen molar-refractivity contribution >= 4 is 27.0 Å². The number of hydrogen-bond donors (Lipinski definition) is 2. The van der Waals surface area contributed by atoms with Crippen molar-refractivity contribution in [3.8, 4) is 0 Å². The first-order valence-electron chi connectivity index (χ1n) is 19.2. The SMILES string of the molecule is CC(C)/N=C(/NCCCCCN/C(=N/C(C)C)P(C1CCCCC1)C1CCCCC1)P(C1CCCCC1)C1CCCCC1. The Balaban J connectivity index is 1.29. The van der Waals surface area contributed by atoms with Gasteiger partial charge in [0, 0.05) is 25.2 Å². The summed E-state index contributed by atoms with van der Waals surface area (Å²) in [5, 5.41) is 8.03. The smallest absolute Gasteiger partial charge is 0.120 e. The molecule has 0 bridgehead atoms. The average Bonchev–Trinajstić information content (AvgIpc) is 3.02. The summed E-state index contributed by atoms with van der Waals surface area (Å²) in [7, 11) is -0.291. The molecule has 4 aliphatic carbocycles. The molecule has 4 nitrogen and oxygen atoms in total. The minimum atomic E-state index is -0.145. The van der Waals surface area contributed by atoms with E-state index in [2.05, 4.69) is 38.3 Å². The minimum absolute atomic E-state index is 0.145. The standard InChI is InChI=1S/C37H70N4P2/c1-30(2)40-36(42(32-20-10-5-11-21-32)33-22-12-6-13-23-33)38-28-18-9-19-29-39-37(41-31(3)4)43(34-24-14-7-15-25-34)35-26-16-8-17-27-35/h30-35H,5-29H2,1-4H3,(H,38,40)(H,39,41). The van der Waals surface area contributed by atoms with Crippen LogP contribution in [-0.4, -0.2) is 59.0 Å². The van der Waals surface area contributed by atoms with E-state index >= 15 is 0 Å². The zero-order valence-electron chi connectivity index (χ0n) is 28.9. The van der Waals surface area contributed by atoms with Crippen LogP contribution in [0.15, 0.2) is 9.98 Å². The number of nitrogens with one attached hydrogen (secondary N) is 2. The maximum atomic E-state index is 5.33. The van der Waals surface area contributed by atoms with E-state index in [1.54, 1.807) is 0 Å². The first kappa shape index (κ1) is 35.7. The third kappa shape index (κ3) is 12.2. The van der Waals surface area contributed by atoms with Crippen molar-refractivity contribution in [1.29, 1.82) is 0 Å². The van der Waals surface area contributed by atoms with Gasteiger partial charge in [-0.15, -0.1) is 0 Å². The van der Waals surface area contributed by atoms with Crippen LogP contribution in [0.25, 0.3) is 0 Å². The van der Waals surface area contributed by atoms with E-state index in [0.29, 0.717) is 12.1 Å². The van der Waals surface area contributed by atoms with Crippen LogP contribution in [0.3, 0.4) is 0 Å². The molecule has 4 aliphatic rings. The maximum absolute atomic E-state index is 5.33. The lowest BCUT2D eigenvalue weighted by Crippen LogP contribution is -2.34. The zero-order valence-corrected chi connectivity index (χ0v) is 30.7. The fraction of sp³-hybridized carbons (Fsp3) is 0.946. The van der Waals surface area contributed by atoms with Crippen molar-refractivity contribution in [3.05, 3.63) is 0 Å². The number of unbranched alkanes of at least 4 members (excludes halogenated alkanes) is 2. The zero-order chi connectivity index (χ0) is 30.3. The van der Waals surface area contributed by atoms with Crippen molar-refractivity contribution in [2.24, 2.45) is 9.98 Å². The molecule has 0 aromatic carbocycles. The average molecular weight is 633 g/mol. The molecule has 6 heteroatoms. The first-order chi connectivity index (χ1) is 21.0. The van der Waals surface area contributed by atoms with Crippen LogP contribution in [0.2, 0.25) is 0 Å². The van der Waals surface area contributed by atoms with E-state index in [0.717, 1.165) is 35.7 Å². The lowest BCUT2D eigenvalue weighted by molar-refractivity contribution is 0.487. The number of amidine groups is 2. The van der Waals surface area contributed by atoms with Crippen LogP contribution in [0.1, 0.15) is 175 Å².